The van der Waals surface area contributed by atoms with E-state index in [1.54, 1.807) is 97.7 Å². The van der Waals surface area contributed by atoms with Crippen LogP contribution in [0.15, 0.2) is 107 Å². The van der Waals surface area contributed by atoms with Crippen molar-refractivity contribution in [1.82, 2.24) is 25.3 Å². The molecule has 4 aromatic rings. The zero-order valence-electron chi connectivity index (χ0n) is 45.2. The van der Waals surface area contributed by atoms with E-state index in [1.165, 1.54) is 26.4 Å². The average molecular weight is 1090 g/mol. The van der Waals surface area contributed by atoms with Crippen molar-refractivity contribution in [2.45, 2.75) is 96.3 Å². The molecule has 416 valence electrons. The molecule has 1 unspecified atom stereocenters. The molecule has 0 spiro atoms. The van der Waals surface area contributed by atoms with Crippen molar-refractivity contribution in [1.29, 1.82) is 0 Å². The molecular formula is C60H64N8O12. The third-order valence-electron chi connectivity index (χ3n) is 14.5. The third-order valence-corrected chi connectivity index (χ3v) is 14.5. The number of amides is 7. The van der Waals surface area contributed by atoms with Crippen molar-refractivity contribution in [3.05, 3.63) is 120 Å². The van der Waals surface area contributed by atoms with Crippen LogP contribution in [-0.4, -0.2) is 132 Å². The van der Waals surface area contributed by atoms with Crippen molar-refractivity contribution >= 4 is 82.0 Å². The molecule has 0 bridgehead atoms. The Hall–Kier alpha value is -9.07. The number of imide groups is 1. The summed E-state index contributed by atoms with van der Waals surface area (Å²) in [5, 5.41) is 18.1. The van der Waals surface area contributed by atoms with Gasteiger partial charge in [-0.25, -0.2) is 0 Å². The lowest BCUT2D eigenvalue weighted by Gasteiger charge is -2.31. The highest BCUT2D eigenvalue weighted by Crippen LogP contribution is 2.42. The van der Waals surface area contributed by atoms with E-state index in [0.29, 0.717) is 89.7 Å². The van der Waals surface area contributed by atoms with E-state index in [-0.39, 0.29) is 79.5 Å². The van der Waals surface area contributed by atoms with E-state index in [1.807, 2.05) is 30.5 Å². The van der Waals surface area contributed by atoms with Crippen LogP contribution in [-0.2, 0) is 24.0 Å². The number of fused-ring (bicyclic) bond motifs is 4. The molecule has 0 saturated carbocycles. The third kappa shape index (κ3) is 12.6. The number of aromatic hydroxyl groups is 1. The number of unbranched alkanes of at least 4 members (excludes halogenated alkanes) is 2. The molecule has 5 aliphatic rings. The number of phenolic OH excluding ortho intramolecular Hbond substituents is 1. The molecule has 20 heteroatoms. The van der Waals surface area contributed by atoms with Crippen molar-refractivity contribution in [2.75, 3.05) is 39.3 Å². The molecule has 0 aliphatic carbocycles. The summed E-state index contributed by atoms with van der Waals surface area (Å²) in [6.07, 6.45) is 13.9. The Morgan fingerprint density at radius 2 is 1.23 bits per heavy atom. The first-order chi connectivity index (χ1) is 38.6. The first-order valence-corrected chi connectivity index (χ1v) is 26.8. The minimum atomic E-state index is -0.928. The minimum absolute atomic E-state index is 0.161. The number of methoxy groups -OCH3 is 2. The van der Waals surface area contributed by atoms with Gasteiger partial charge < -0.3 is 49.8 Å². The molecule has 5 aliphatic heterocycles. The second-order valence-corrected chi connectivity index (χ2v) is 20.4. The van der Waals surface area contributed by atoms with Crippen molar-refractivity contribution < 1.29 is 57.6 Å². The molecule has 5 heterocycles. The number of carbonyl (C=O) groups excluding carboxylic acids is 7. The first kappa shape index (κ1) is 55.7. The predicted octanol–water partition coefficient (Wildman–Crippen LogP) is 7.66. The summed E-state index contributed by atoms with van der Waals surface area (Å²) in [7, 11) is 3.01. The molecule has 9 rings (SSSR count). The molecule has 7 amide bonds. The zero-order valence-corrected chi connectivity index (χ0v) is 45.2. The fourth-order valence-corrected chi connectivity index (χ4v) is 9.97. The second-order valence-electron chi connectivity index (χ2n) is 20.4. The summed E-state index contributed by atoms with van der Waals surface area (Å²) >= 11 is 0. The van der Waals surface area contributed by atoms with Gasteiger partial charge in [-0.05, 0) is 97.2 Å². The number of hydrogen-bond acceptors (Lipinski definition) is 14. The van der Waals surface area contributed by atoms with Crippen LogP contribution in [0, 0.1) is 5.92 Å². The Morgan fingerprint density at radius 3 is 1.82 bits per heavy atom. The molecule has 0 fully saturated rings. The van der Waals surface area contributed by atoms with Gasteiger partial charge >= 0.3 is 0 Å². The van der Waals surface area contributed by atoms with Crippen molar-refractivity contribution in [3.8, 4) is 28.7 Å². The van der Waals surface area contributed by atoms with Gasteiger partial charge in [0.15, 0.2) is 23.0 Å². The SMILES string of the molecule is COc1cc2c(cc1OCCCOc1cc3c(cc1OC)C(=O)N1C=C(c4ccc(NC(=O)[C@H](C)NC(=O)[C@@H](NC(=O)CCCCCN5C(=O)C=CC5=O)C(C)C)cc4)C[C@H]1C=N3)N=CC1CCC(c3ccc(O)cc3)=CN1C2=O. The molecule has 0 saturated heterocycles. The van der Waals surface area contributed by atoms with Gasteiger partial charge in [0.05, 0.1) is 62.0 Å². The van der Waals surface area contributed by atoms with E-state index in [0.717, 1.165) is 33.6 Å². The number of aliphatic imine (C=N–C) groups is 2. The number of nitrogens with one attached hydrogen (secondary N) is 3. The lowest BCUT2D eigenvalue weighted by molar-refractivity contribution is -0.137. The molecule has 80 heavy (non-hydrogen) atoms. The Labute approximate surface area is 463 Å². The Morgan fingerprint density at radius 1 is 0.662 bits per heavy atom. The minimum Gasteiger partial charge on any atom is -0.508 e. The quantitative estimate of drug-likeness (QED) is 0.0438. The molecule has 0 radical (unpaired) electrons. The van der Waals surface area contributed by atoms with Gasteiger partial charge in [0, 0.05) is 80.6 Å². The number of carbonyl (C=O) groups is 7. The van der Waals surface area contributed by atoms with Gasteiger partial charge in [0.2, 0.25) is 17.7 Å². The largest absolute Gasteiger partial charge is 0.508 e. The van der Waals surface area contributed by atoms with E-state index < -0.39 is 23.9 Å². The fourth-order valence-electron chi connectivity index (χ4n) is 9.97. The molecule has 4 atom stereocenters. The molecule has 20 nitrogen and oxygen atoms in total. The number of ether oxygens (including phenoxy) is 4. The van der Waals surface area contributed by atoms with Crippen LogP contribution in [0.2, 0.25) is 0 Å². The summed E-state index contributed by atoms with van der Waals surface area (Å²) in [5.41, 5.74) is 5.78. The van der Waals surface area contributed by atoms with Gasteiger partial charge in [-0.2, -0.15) is 0 Å². The summed E-state index contributed by atoms with van der Waals surface area (Å²) in [4.78, 5) is 105. The first-order valence-electron chi connectivity index (χ1n) is 26.8. The van der Waals surface area contributed by atoms with Gasteiger partial charge in [-0.3, -0.25) is 48.4 Å². The number of benzene rings is 4. The Kier molecular flexibility index (Phi) is 17.2. The number of rotatable bonds is 22. The summed E-state index contributed by atoms with van der Waals surface area (Å²) in [6, 6.07) is 18.4. The zero-order chi connectivity index (χ0) is 56.6. The average Bonchev–Trinajstić information content (AvgIpc) is 3.96. The summed E-state index contributed by atoms with van der Waals surface area (Å²) in [5.74, 6) is -0.918. The maximum Gasteiger partial charge on any atom is 0.260 e. The second kappa shape index (κ2) is 24.7. The Bertz CT molecular complexity index is 3220. The van der Waals surface area contributed by atoms with E-state index in [4.69, 9.17) is 28.9 Å². The van der Waals surface area contributed by atoms with Crippen molar-refractivity contribution in [2.24, 2.45) is 15.9 Å². The standard InChI is InChI=1S/C60H64N8O12/c1-35(2)56(65-53(70)10-7-6-8-23-66-54(71)21-22-55(66)72)58(74)63-36(3)57(73)64-41-16-11-38(12-17-41)40-26-43-32-62-48-30-52(50(78-5)28-46(48)60(76)68(43)34-40)80-25-9-24-79-51-29-47-45(27-49(51)77-4)59(75)67-33-39(13-18-42(67)31-61-47)37-14-19-44(69)20-15-37/h11-12,14-17,19-22,27-36,42-43,56,69H,6-10,13,18,23-26H2,1-5H3,(H,63,74)(H,64,73)(H,65,70)/t36-,42?,43-,56-/m0/s1. The van der Waals surface area contributed by atoms with Crippen LogP contribution in [0.3, 0.4) is 0 Å². The van der Waals surface area contributed by atoms with Crippen molar-refractivity contribution in [3.63, 3.8) is 0 Å². The molecule has 0 aromatic heterocycles. The monoisotopic (exact) mass is 1090 g/mol. The number of hydrogen-bond donors (Lipinski definition) is 4. The number of anilines is 1. The van der Waals surface area contributed by atoms with Crippen LogP contribution >= 0.6 is 0 Å². The normalized spacial score (nSPS) is 17.8. The van der Waals surface area contributed by atoms with Crippen LogP contribution in [0.4, 0.5) is 17.1 Å². The number of phenols is 1. The lowest BCUT2D eigenvalue weighted by atomic mass is 9.95. The molecule has 4 N–H and O–H groups in total. The predicted molar refractivity (Wildman–Crippen MR) is 299 cm³/mol. The van der Waals surface area contributed by atoms with Gasteiger partial charge in [0.25, 0.3) is 23.6 Å². The van der Waals surface area contributed by atoms with Gasteiger partial charge in [-0.1, -0.05) is 44.5 Å². The maximum absolute atomic E-state index is 14.1. The lowest BCUT2D eigenvalue weighted by Crippen LogP contribution is -2.53. The highest BCUT2D eigenvalue weighted by molar-refractivity contribution is 6.13. The van der Waals surface area contributed by atoms with Crippen LogP contribution in [0.5, 0.6) is 28.7 Å². The van der Waals surface area contributed by atoms with Crippen LogP contribution < -0.4 is 34.9 Å². The summed E-state index contributed by atoms with van der Waals surface area (Å²) in [6.45, 7) is 5.92. The van der Waals surface area contributed by atoms with E-state index in [2.05, 4.69) is 16.0 Å². The molecular weight excluding hydrogens is 1020 g/mol. The van der Waals surface area contributed by atoms with Crippen LogP contribution in [0.1, 0.15) is 104 Å². The summed E-state index contributed by atoms with van der Waals surface area (Å²) < 4.78 is 23.7. The van der Waals surface area contributed by atoms with E-state index >= 15 is 0 Å². The number of nitrogens with zero attached hydrogens (tertiary/aromatic N) is 5. The smallest absolute Gasteiger partial charge is 0.260 e. The fraction of sp³-hybridized carbons (Fsp3) is 0.350. The number of allylic oxidation sites excluding steroid dienone is 1. The maximum atomic E-state index is 14.1. The highest BCUT2D eigenvalue weighted by Gasteiger charge is 2.35. The highest BCUT2D eigenvalue weighted by atomic mass is 16.5. The van der Waals surface area contributed by atoms with Crippen LogP contribution in [0.25, 0.3) is 11.1 Å². The Balaban J connectivity index is 0.744. The van der Waals surface area contributed by atoms with Gasteiger partial charge in [0.1, 0.15) is 17.8 Å². The topological polar surface area (TPSA) is 247 Å². The van der Waals surface area contributed by atoms with Gasteiger partial charge in [-0.15, -0.1) is 0 Å². The van der Waals surface area contributed by atoms with E-state index in [9.17, 15) is 38.7 Å². The molecule has 4 aromatic carbocycles.